The zero-order valence-electron chi connectivity index (χ0n) is 13.9. The summed E-state index contributed by atoms with van der Waals surface area (Å²) < 4.78 is 0. The van der Waals surface area contributed by atoms with Crippen molar-refractivity contribution < 1.29 is 9.90 Å². The standard InChI is InChI=1S/C17H27N3O2/c1-12(2)6-7-16(22)20-8-4-5-14(10-20)17-15(11-21)9-18-13(3)19-17/h9,12,14,21H,4-8,10-11H2,1-3H3. The number of aromatic nitrogens is 2. The van der Waals surface area contributed by atoms with Crippen molar-refractivity contribution in [1.82, 2.24) is 14.9 Å². The van der Waals surface area contributed by atoms with Crippen molar-refractivity contribution in [3.63, 3.8) is 0 Å². The van der Waals surface area contributed by atoms with Gasteiger partial charge in [0.25, 0.3) is 0 Å². The van der Waals surface area contributed by atoms with E-state index in [1.807, 2.05) is 11.8 Å². The molecule has 1 aliphatic rings. The fourth-order valence-corrected chi connectivity index (χ4v) is 2.98. The van der Waals surface area contributed by atoms with Crippen molar-refractivity contribution in [3.05, 3.63) is 23.3 Å². The second-order valence-electron chi connectivity index (χ2n) is 6.60. The fraction of sp³-hybridized carbons (Fsp3) is 0.706. The smallest absolute Gasteiger partial charge is 0.222 e. The van der Waals surface area contributed by atoms with E-state index in [9.17, 15) is 9.90 Å². The largest absolute Gasteiger partial charge is 0.392 e. The van der Waals surface area contributed by atoms with Crippen LogP contribution in [0.1, 0.15) is 62.5 Å². The molecule has 2 rings (SSSR count). The van der Waals surface area contributed by atoms with Gasteiger partial charge in [-0.05, 0) is 32.1 Å². The van der Waals surface area contributed by atoms with E-state index in [4.69, 9.17) is 0 Å². The predicted octanol–water partition coefficient (Wildman–Crippen LogP) is 2.42. The van der Waals surface area contributed by atoms with Gasteiger partial charge in [0.2, 0.25) is 5.91 Å². The van der Waals surface area contributed by atoms with E-state index in [1.165, 1.54) is 0 Å². The van der Waals surface area contributed by atoms with Gasteiger partial charge in [0.15, 0.2) is 0 Å². The number of aliphatic hydroxyl groups excluding tert-OH is 1. The molecule has 0 aromatic carbocycles. The van der Waals surface area contributed by atoms with E-state index in [-0.39, 0.29) is 18.4 Å². The third-order valence-corrected chi connectivity index (χ3v) is 4.29. The number of aryl methyl sites for hydroxylation is 1. The number of hydrogen-bond acceptors (Lipinski definition) is 4. The number of rotatable bonds is 5. The number of aliphatic hydroxyl groups is 1. The van der Waals surface area contributed by atoms with Crippen LogP contribution in [0.2, 0.25) is 0 Å². The number of nitrogens with zero attached hydrogens (tertiary/aromatic N) is 3. The van der Waals surface area contributed by atoms with E-state index in [0.717, 1.165) is 42.9 Å². The lowest BCUT2D eigenvalue weighted by Gasteiger charge is -2.33. The Bertz CT molecular complexity index is 517. The van der Waals surface area contributed by atoms with Crippen LogP contribution in [0.5, 0.6) is 0 Å². The molecule has 1 fully saturated rings. The number of hydrogen-bond donors (Lipinski definition) is 1. The first kappa shape index (κ1) is 16.9. The lowest BCUT2D eigenvalue weighted by molar-refractivity contribution is -0.132. The molecule has 0 saturated carbocycles. The normalized spacial score (nSPS) is 18.8. The maximum atomic E-state index is 12.3. The van der Waals surface area contributed by atoms with Crippen molar-refractivity contribution in [3.8, 4) is 0 Å². The molecule has 0 radical (unpaired) electrons. The van der Waals surface area contributed by atoms with Gasteiger partial charge in [-0.2, -0.15) is 0 Å². The van der Waals surface area contributed by atoms with Crippen molar-refractivity contribution >= 4 is 5.91 Å². The summed E-state index contributed by atoms with van der Waals surface area (Å²) in [7, 11) is 0. The van der Waals surface area contributed by atoms with Crippen LogP contribution in [0.15, 0.2) is 6.20 Å². The van der Waals surface area contributed by atoms with Gasteiger partial charge in [0, 0.05) is 37.2 Å². The van der Waals surface area contributed by atoms with Gasteiger partial charge in [-0.15, -0.1) is 0 Å². The molecule has 1 saturated heterocycles. The topological polar surface area (TPSA) is 66.3 Å². The lowest BCUT2D eigenvalue weighted by Crippen LogP contribution is -2.39. The molecule has 1 N–H and O–H groups in total. The summed E-state index contributed by atoms with van der Waals surface area (Å²) in [4.78, 5) is 23.0. The molecule has 22 heavy (non-hydrogen) atoms. The summed E-state index contributed by atoms with van der Waals surface area (Å²) in [5.41, 5.74) is 1.70. The van der Waals surface area contributed by atoms with Gasteiger partial charge < -0.3 is 10.0 Å². The number of piperidine rings is 1. The molecular weight excluding hydrogens is 278 g/mol. The number of likely N-dealkylation sites (tertiary alicyclic amines) is 1. The highest BCUT2D eigenvalue weighted by atomic mass is 16.3. The highest BCUT2D eigenvalue weighted by Gasteiger charge is 2.27. The molecule has 1 aliphatic heterocycles. The zero-order chi connectivity index (χ0) is 16.1. The van der Waals surface area contributed by atoms with Crippen molar-refractivity contribution in [2.45, 2.75) is 59.0 Å². The van der Waals surface area contributed by atoms with Gasteiger partial charge in [-0.3, -0.25) is 4.79 Å². The summed E-state index contributed by atoms with van der Waals surface area (Å²) >= 11 is 0. The fourth-order valence-electron chi connectivity index (χ4n) is 2.98. The predicted molar refractivity (Wildman–Crippen MR) is 85.3 cm³/mol. The Morgan fingerprint density at radius 1 is 1.50 bits per heavy atom. The Labute approximate surface area is 132 Å². The second kappa shape index (κ2) is 7.68. The molecule has 1 unspecified atom stereocenters. The minimum Gasteiger partial charge on any atom is -0.392 e. The third-order valence-electron chi connectivity index (χ3n) is 4.29. The van der Waals surface area contributed by atoms with Crippen LogP contribution < -0.4 is 0 Å². The number of carbonyl (C=O) groups is 1. The highest BCUT2D eigenvalue weighted by molar-refractivity contribution is 5.76. The van der Waals surface area contributed by atoms with Gasteiger partial charge in [0.05, 0.1) is 12.3 Å². The van der Waals surface area contributed by atoms with E-state index in [0.29, 0.717) is 18.9 Å². The molecule has 5 nitrogen and oxygen atoms in total. The summed E-state index contributed by atoms with van der Waals surface area (Å²) in [6.45, 7) is 7.64. The first-order valence-corrected chi connectivity index (χ1v) is 8.22. The van der Waals surface area contributed by atoms with Crippen LogP contribution in [-0.4, -0.2) is 39.0 Å². The van der Waals surface area contributed by atoms with Crippen LogP contribution >= 0.6 is 0 Å². The van der Waals surface area contributed by atoms with E-state index in [1.54, 1.807) is 6.20 Å². The molecule has 0 aliphatic carbocycles. The third kappa shape index (κ3) is 4.26. The maximum Gasteiger partial charge on any atom is 0.222 e. The monoisotopic (exact) mass is 305 g/mol. The summed E-state index contributed by atoms with van der Waals surface area (Å²) in [5, 5.41) is 9.50. The number of carbonyl (C=O) groups excluding carboxylic acids is 1. The average molecular weight is 305 g/mol. The lowest BCUT2D eigenvalue weighted by atomic mass is 9.91. The molecule has 1 atom stereocenters. The minimum atomic E-state index is -0.0482. The molecule has 122 valence electrons. The van der Waals surface area contributed by atoms with Gasteiger partial charge in [0.1, 0.15) is 5.82 Å². The Kier molecular flexibility index (Phi) is 5.89. The highest BCUT2D eigenvalue weighted by Crippen LogP contribution is 2.28. The SMILES string of the molecule is Cc1ncc(CO)c(C2CCCN(C(=O)CCC(C)C)C2)n1. The quantitative estimate of drug-likeness (QED) is 0.907. The molecule has 0 spiro atoms. The first-order valence-electron chi connectivity index (χ1n) is 8.22. The van der Waals surface area contributed by atoms with Crippen LogP contribution in [-0.2, 0) is 11.4 Å². The summed E-state index contributed by atoms with van der Waals surface area (Å²) in [6, 6.07) is 0. The average Bonchev–Trinajstić information content (AvgIpc) is 2.52. The molecule has 0 bridgehead atoms. The molecule has 5 heteroatoms. The van der Waals surface area contributed by atoms with Crippen molar-refractivity contribution in [2.24, 2.45) is 5.92 Å². The molecular formula is C17H27N3O2. The van der Waals surface area contributed by atoms with Crippen LogP contribution in [0, 0.1) is 12.8 Å². The molecule has 2 heterocycles. The van der Waals surface area contributed by atoms with Gasteiger partial charge >= 0.3 is 0 Å². The molecule has 1 aromatic rings. The van der Waals surface area contributed by atoms with E-state index < -0.39 is 0 Å². The van der Waals surface area contributed by atoms with E-state index in [2.05, 4.69) is 23.8 Å². The van der Waals surface area contributed by atoms with Crippen molar-refractivity contribution in [2.75, 3.05) is 13.1 Å². The molecule has 1 amide bonds. The van der Waals surface area contributed by atoms with Crippen molar-refractivity contribution in [1.29, 1.82) is 0 Å². The Morgan fingerprint density at radius 2 is 2.27 bits per heavy atom. The van der Waals surface area contributed by atoms with E-state index >= 15 is 0 Å². The zero-order valence-corrected chi connectivity index (χ0v) is 13.9. The number of amides is 1. The summed E-state index contributed by atoms with van der Waals surface area (Å²) in [5.74, 6) is 1.72. The van der Waals surface area contributed by atoms with Gasteiger partial charge in [-0.25, -0.2) is 9.97 Å². The first-order chi connectivity index (χ1) is 10.5. The molecule has 1 aromatic heterocycles. The minimum absolute atomic E-state index is 0.0482. The van der Waals surface area contributed by atoms with Gasteiger partial charge in [-0.1, -0.05) is 13.8 Å². The van der Waals surface area contributed by atoms with Crippen LogP contribution in [0.3, 0.4) is 0 Å². The summed E-state index contributed by atoms with van der Waals surface area (Å²) in [6.07, 6.45) is 5.27. The maximum absolute atomic E-state index is 12.3. The Hall–Kier alpha value is -1.49. The van der Waals surface area contributed by atoms with Crippen LogP contribution in [0.4, 0.5) is 0 Å². The Balaban J connectivity index is 2.07. The second-order valence-corrected chi connectivity index (χ2v) is 6.60. The Morgan fingerprint density at radius 3 is 2.95 bits per heavy atom. The van der Waals surface area contributed by atoms with Crippen LogP contribution in [0.25, 0.3) is 0 Å².